The van der Waals surface area contributed by atoms with Crippen molar-refractivity contribution in [2.45, 2.75) is 32.0 Å². The van der Waals surface area contributed by atoms with Crippen LogP contribution in [0.5, 0.6) is 17.5 Å². The molecule has 172 valence electrons. The third kappa shape index (κ3) is 4.68. The lowest BCUT2D eigenvalue weighted by Gasteiger charge is -2.45. The first-order valence-corrected chi connectivity index (χ1v) is 11.3. The number of halogens is 1. The number of carbonyl (C=O) groups excluding carboxylic acids is 1. The van der Waals surface area contributed by atoms with E-state index in [1.807, 2.05) is 13.0 Å². The smallest absolute Gasteiger partial charge is 0.410 e. The second kappa shape index (κ2) is 9.04. The summed E-state index contributed by atoms with van der Waals surface area (Å²) in [7, 11) is 0. The molecular weight excluding hydrogens is 448 g/mol. The summed E-state index contributed by atoms with van der Waals surface area (Å²) in [4.78, 5) is 22.7. The first-order valence-electron chi connectivity index (χ1n) is 10.9. The van der Waals surface area contributed by atoms with Crippen LogP contribution in [-0.2, 0) is 9.47 Å². The monoisotopic (exact) mass is 470 g/mol. The number of nitriles is 1. The molecule has 3 heterocycles. The Labute approximate surface area is 196 Å². The van der Waals surface area contributed by atoms with E-state index in [0.29, 0.717) is 60.0 Å². The maximum absolute atomic E-state index is 12.4. The molecule has 2 atom stereocenters. The highest BCUT2D eigenvalue weighted by Crippen LogP contribution is 2.36. The van der Waals surface area contributed by atoms with Gasteiger partial charge in [0.2, 0.25) is 11.8 Å². The van der Waals surface area contributed by atoms with Gasteiger partial charge in [0.1, 0.15) is 24.3 Å². The number of ether oxygens (including phenoxy) is 4. The van der Waals surface area contributed by atoms with E-state index in [1.54, 1.807) is 17.0 Å². The van der Waals surface area contributed by atoms with E-state index < -0.39 is 0 Å². The Hall–Kier alpha value is -3.09. The van der Waals surface area contributed by atoms with Crippen molar-refractivity contribution in [1.29, 1.82) is 5.26 Å². The van der Waals surface area contributed by atoms with Crippen LogP contribution in [0, 0.1) is 30.1 Å². The van der Waals surface area contributed by atoms with Gasteiger partial charge in [0.15, 0.2) is 0 Å². The molecule has 2 aliphatic heterocycles. The van der Waals surface area contributed by atoms with Crippen molar-refractivity contribution in [2.24, 2.45) is 11.8 Å². The van der Waals surface area contributed by atoms with Gasteiger partial charge in [-0.25, -0.2) is 14.8 Å². The molecule has 1 aromatic heterocycles. The molecule has 2 aromatic rings. The number of fused-ring (bicyclic) bond motifs is 2. The van der Waals surface area contributed by atoms with Crippen LogP contribution in [0.2, 0.25) is 5.02 Å². The molecule has 9 nitrogen and oxygen atoms in total. The average molecular weight is 471 g/mol. The van der Waals surface area contributed by atoms with Gasteiger partial charge < -0.3 is 23.8 Å². The van der Waals surface area contributed by atoms with Crippen molar-refractivity contribution in [2.75, 3.05) is 26.3 Å². The summed E-state index contributed by atoms with van der Waals surface area (Å²) in [6.07, 6.45) is 2.96. The highest BCUT2D eigenvalue weighted by Gasteiger charge is 2.45. The predicted octanol–water partition coefficient (Wildman–Crippen LogP) is 3.73. The minimum absolute atomic E-state index is 0.0101. The molecule has 1 saturated carbocycles. The topological polar surface area (TPSA) is 107 Å². The third-order valence-electron chi connectivity index (χ3n) is 6.06. The van der Waals surface area contributed by atoms with Crippen LogP contribution in [0.3, 0.4) is 0 Å². The molecule has 0 radical (unpaired) electrons. The zero-order valence-corrected chi connectivity index (χ0v) is 18.8. The summed E-state index contributed by atoms with van der Waals surface area (Å²) >= 11 is 6.24. The normalized spacial score (nSPS) is 24.0. The Morgan fingerprint density at radius 1 is 1.21 bits per heavy atom. The van der Waals surface area contributed by atoms with Crippen molar-refractivity contribution in [1.82, 2.24) is 14.9 Å². The fourth-order valence-corrected chi connectivity index (χ4v) is 4.39. The van der Waals surface area contributed by atoms with Crippen molar-refractivity contribution >= 4 is 17.7 Å². The number of piperidine rings is 1. The van der Waals surface area contributed by atoms with Crippen LogP contribution in [0.1, 0.15) is 24.0 Å². The first-order chi connectivity index (χ1) is 16.0. The van der Waals surface area contributed by atoms with Gasteiger partial charge in [-0.3, -0.25) is 0 Å². The van der Waals surface area contributed by atoms with Gasteiger partial charge in [0.05, 0.1) is 35.4 Å². The van der Waals surface area contributed by atoms with Crippen molar-refractivity contribution < 1.29 is 23.7 Å². The summed E-state index contributed by atoms with van der Waals surface area (Å²) in [5.41, 5.74) is 1.07. The molecule has 1 amide bonds. The summed E-state index contributed by atoms with van der Waals surface area (Å²) in [5, 5.41) is 9.32. The van der Waals surface area contributed by atoms with Crippen LogP contribution >= 0.6 is 11.6 Å². The van der Waals surface area contributed by atoms with Crippen LogP contribution in [-0.4, -0.2) is 59.5 Å². The highest BCUT2D eigenvalue weighted by molar-refractivity contribution is 6.32. The molecule has 3 fully saturated rings. The molecule has 1 aromatic carbocycles. The summed E-state index contributed by atoms with van der Waals surface area (Å²) in [5.74, 6) is 1.14. The van der Waals surface area contributed by atoms with Crippen LogP contribution in [0.4, 0.5) is 4.79 Å². The van der Waals surface area contributed by atoms with Crippen LogP contribution in [0.25, 0.3) is 0 Å². The predicted molar refractivity (Wildman–Crippen MR) is 116 cm³/mol. The van der Waals surface area contributed by atoms with Gasteiger partial charge in [0.25, 0.3) is 0 Å². The Bertz CT molecular complexity index is 1090. The fourth-order valence-electron chi connectivity index (χ4n) is 4.17. The molecule has 0 spiro atoms. The zero-order chi connectivity index (χ0) is 22.9. The van der Waals surface area contributed by atoms with Gasteiger partial charge in [-0.1, -0.05) is 11.6 Å². The van der Waals surface area contributed by atoms with E-state index >= 15 is 0 Å². The minimum atomic E-state index is -0.249. The molecule has 5 rings (SSSR count). The lowest BCUT2D eigenvalue weighted by Crippen LogP contribution is -2.58. The average Bonchev–Trinajstić information content (AvgIpc) is 3.61. The number of hydrogen-bond donors (Lipinski definition) is 0. The summed E-state index contributed by atoms with van der Waals surface area (Å²) in [6.45, 7) is 3.85. The number of aromatic nitrogens is 2. The van der Waals surface area contributed by atoms with E-state index in [-0.39, 0.29) is 30.1 Å². The second-order valence-corrected chi connectivity index (χ2v) is 9.00. The maximum atomic E-state index is 12.4. The van der Waals surface area contributed by atoms with E-state index in [2.05, 4.69) is 9.97 Å². The SMILES string of the molecule is Cc1c(Oc2ccc(C#N)cc2Cl)ncnc1OC1C2COCC1CN(C(=O)OC1CC1)C2. The van der Waals surface area contributed by atoms with E-state index in [9.17, 15) is 4.79 Å². The molecular formula is C23H23ClN4O5. The highest BCUT2D eigenvalue weighted by atomic mass is 35.5. The van der Waals surface area contributed by atoms with Gasteiger partial charge in [-0.15, -0.1) is 0 Å². The second-order valence-electron chi connectivity index (χ2n) is 8.60. The lowest BCUT2D eigenvalue weighted by molar-refractivity contribution is -0.110. The first kappa shape index (κ1) is 21.7. The molecule has 0 N–H and O–H groups in total. The quantitative estimate of drug-likeness (QED) is 0.650. The van der Waals surface area contributed by atoms with E-state index in [1.165, 1.54) is 12.4 Å². The Morgan fingerprint density at radius 2 is 1.94 bits per heavy atom. The van der Waals surface area contributed by atoms with Gasteiger partial charge >= 0.3 is 6.09 Å². The van der Waals surface area contributed by atoms with E-state index in [0.717, 1.165) is 12.8 Å². The molecule has 1 aliphatic carbocycles. The fraction of sp³-hybridized carbons (Fsp3) is 0.478. The number of amides is 1. The lowest BCUT2D eigenvalue weighted by atomic mass is 9.84. The number of rotatable bonds is 5. The van der Waals surface area contributed by atoms with E-state index in [4.69, 9.17) is 35.8 Å². The zero-order valence-electron chi connectivity index (χ0n) is 18.1. The molecule has 10 heteroatoms. The summed E-state index contributed by atoms with van der Waals surface area (Å²) < 4.78 is 23.5. The Morgan fingerprint density at radius 3 is 2.61 bits per heavy atom. The molecule has 2 bridgehead atoms. The maximum Gasteiger partial charge on any atom is 0.410 e. The molecule has 3 aliphatic rings. The minimum Gasteiger partial charge on any atom is -0.473 e. The molecule has 2 unspecified atom stereocenters. The summed E-state index contributed by atoms with van der Waals surface area (Å²) in [6, 6.07) is 6.82. The van der Waals surface area contributed by atoms with Crippen LogP contribution in [0.15, 0.2) is 24.5 Å². The number of benzene rings is 1. The van der Waals surface area contributed by atoms with Gasteiger partial charge in [0, 0.05) is 24.9 Å². The third-order valence-corrected chi connectivity index (χ3v) is 6.36. The number of likely N-dealkylation sites (tertiary alicyclic amines) is 1. The Kier molecular flexibility index (Phi) is 5.96. The standard InChI is InChI=1S/C23H23ClN4O5/c1-13-21(32-19-5-2-14(7-25)6-18(19)24)26-12-27-22(13)33-20-15-8-28(9-16(20)11-30-10-15)23(29)31-17-3-4-17/h2,5-6,12,15-17,20H,3-4,8-11H2,1H3. The van der Waals surface area contributed by atoms with Crippen LogP contribution < -0.4 is 9.47 Å². The van der Waals surface area contributed by atoms with Gasteiger partial charge in [-0.05, 0) is 38.0 Å². The number of nitrogens with zero attached hydrogens (tertiary/aromatic N) is 4. The molecule has 2 saturated heterocycles. The van der Waals surface area contributed by atoms with Crippen molar-refractivity contribution in [3.8, 4) is 23.6 Å². The van der Waals surface area contributed by atoms with Crippen molar-refractivity contribution in [3.63, 3.8) is 0 Å². The number of hydrogen-bond acceptors (Lipinski definition) is 8. The largest absolute Gasteiger partial charge is 0.473 e. The van der Waals surface area contributed by atoms with Crippen molar-refractivity contribution in [3.05, 3.63) is 40.7 Å². The van der Waals surface area contributed by atoms with Gasteiger partial charge in [-0.2, -0.15) is 5.26 Å². The number of carbonyl (C=O) groups is 1. The molecule has 33 heavy (non-hydrogen) atoms. The Balaban J connectivity index is 1.30.